The van der Waals surface area contributed by atoms with Crippen LogP contribution in [0.15, 0.2) is 152 Å². The quantitative estimate of drug-likeness (QED) is 0.131. The molecule has 0 saturated heterocycles. The number of nitriles is 2. The van der Waals surface area contributed by atoms with Gasteiger partial charge in [0.1, 0.15) is 0 Å². The number of benzene rings is 8. The number of fused-ring (bicyclic) bond motifs is 1. The molecule has 0 bridgehead atoms. The Morgan fingerprint density at radius 1 is 0.462 bits per heavy atom. The van der Waals surface area contributed by atoms with Gasteiger partial charge in [-0.1, -0.05) is 98.8 Å². The first kappa shape index (κ1) is 31.1. The van der Waals surface area contributed by atoms with Gasteiger partial charge in [-0.2, -0.15) is 10.5 Å². The van der Waals surface area contributed by atoms with Crippen LogP contribution in [0.25, 0.3) is 55.6 Å². The first-order valence-corrected chi connectivity index (χ1v) is 17.5. The fourth-order valence-electron chi connectivity index (χ4n) is 7.86. The Balaban J connectivity index is 0.982. The van der Waals surface area contributed by atoms with Crippen molar-refractivity contribution in [1.82, 2.24) is 0 Å². The van der Waals surface area contributed by atoms with Gasteiger partial charge in [-0.25, -0.2) is 0 Å². The molecule has 3 nitrogen and oxygen atoms in total. The number of hydrogen-bond acceptors (Lipinski definition) is 3. The topological polar surface area (TPSA) is 50.8 Å². The lowest BCUT2D eigenvalue weighted by Crippen LogP contribution is -2.15. The van der Waals surface area contributed by atoms with Crippen molar-refractivity contribution < 1.29 is 0 Å². The van der Waals surface area contributed by atoms with Gasteiger partial charge in [0, 0.05) is 22.5 Å². The summed E-state index contributed by atoms with van der Waals surface area (Å²) < 4.78 is 0. The summed E-state index contributed by atoms with van der Waals surface area (Å²) >= 11 is 0. The third-order valence-corrected chi connectivity index (χ3v) is 10.6. The highest BCUT2D eigenvalue weighted by molar-refractivity contribution is 6.15. The molecular weight excluding hydrogens is 631 g/mol. The molecule has 0 aromatic heterocycles. The molecular formula is C49H33N3. The van der Waals surface area contributed by atoms with E-state index in [1.165, 1.54) is 43.8 Å². The van der Waals surface area contributed by atoms with E-state index in [-0.39, 0.29) is 5.41 Å². The highest BCUT2D eigenvalue weighted by Crippen LogP contribution is 2.50. The number of nitrogens with zero attached hydrogens (tertiary/aromatic N) is 3. The summed E-state index contributed by atoms with van der Waals surface area (Å²) in [5, 5.41) is 26.4. The molecule has 0 saturated carbocycles. The van der Waals surface area contributed by atoms with E-state index in [1.807, 2.05) is 48.5 Å². The van der Waals surface area contributed by atoms with Gasteiger partial charge in [0.15, 0.2) is 0 Å². The summed E-state index contributed by atoms with van der Waals surface area (Å²) in [7, 11) is 0. The molecule has 9 rings (SSSR count). The van der Waals surface area contributed by atoms with Gasteiger partial charge >= 0.3 is 0 Å². The normalized spacial score (nSPS) is 12.8. The average Bonchev–Trinajstić information content (AvgIpc) is 3.43. The minimum absolute atomic E-state index is 0.0308. The second kappa shape index (κ2) is 12.1. The van der Waals surface area contributed by atoms with Crippen molar-refractivity contribution >= 4 is 61.5 Å². The first-order chi connectivity index (χ1) is 25.4. The SMILES string of the molecule is CC1(C)c2cccc3ccc4cc(-c5ccc(/C=C/c6ccc7cc(N(c8ccc(C#N)cc8)c8ccc(C#N)cc8)ccc7c6)cc5)cc1c4c23. The van der Waals surface area contributed by atoms with Crippen LogP contribution in [0.4, 0.5) is 17.1 Å². The zero-order valence-corrected chi connectivity index (χ0v) is 28.9. The third-order valence-electron chi connectivity index (χ3n) is 10.6. The number of rotatable bonds is 6. The van der Waals surface area contributed by atoms with Crippen LogP contribution in [0.2, 0.25) is 0 Å². The molecule has 1 aliphatic rings. The van der Waals surface area contributed by atoms with E-state index >= 15 is 0 Å². The van der Waals surface area contributed by atoms with E-state index in [4.69, 9.17) is 0 Å². The molecule has 3 heteroatoms. The van der Waals surface area contributed by atoms with Crippen LogP contribution in [-0.2, 0) is 5.41 Å². The van der Waals surface area contributed by atoms with Crippen LogP contribution < -0.4 is 4.90 Å². The Kier molecular flexibility index (Phi) is 7.25. The third kappa shape index (κ3) is 5.20. The Morgan fingerprint density at radius 3 is 1.71 bits per heavy atom. The Labute approximate surface area is 303 Å². The monoisotopic (exact) mass is 663 g/mol. The zero-order valence-electron chi connectivity index (χ0n) is 28.9. The zero-order chi connectivity index (χ0) is 35.4. The Bertz CT molecular complexity index is 2750. The summed E-state index contributed by atoms with van der Waals surface area (Å²) in [5.41, 5.74) is 11.6. The minimum Gasteiger partial charge on any atom is -0.310 e. The van der Waals surface area contributed by atoms with E-state index in [2.05, 4.69) is 146 Å². The summed E-state index contributed by atoms with van der Waals surface area (Å²) in [4.78, 5) is 2.14. The van der Waals surface area contributed by atoms with E-state index in [9.17, 15) is 10.5 Å². The molecule has 0 amide bonds. The van der Waals surface area contributed by atoms with Crippen LogP contribution in [0.1, 0.15) is 47.2 Å². The molecule has 0 radical (unpaired) electrons. The van der Waals surface area contributed by atoms with E-state index in [1.54, 1.807) is 0 Å². The van der Waals surface area contributed by atoms with Crippen LogP contribution in [-0.4, -0.2) is 0 Å². The van der Waals surface area contributed by atoms with Crippen LogP contribution in [0, 0.1) is 22.7 Å². The highest BCUT2D eigenvalue weighted by atomic mass is 15.1. The van der Waals surface area contributed by atoms with Gasteiger partial charge in [-0.3, -0.25) is 0 Å². The van der Waals surface area contributed by atoms with Gasteiger partial charge in [0.25, 0.3) is 0 Å². The van der Waals surface area contributed by atoms with Crippen molar-refractivity contribution in [3.8, 4) is 23.3 Å². The average molecular weight is 664 g/mol. The van der Waals surface area contributed by atoms with E-state index in [0.717, 1.165) is 39.0 Å². The van der Waals surface area contributed by atoms with Crippen molar-refractivity contribution in [2.24, 2.45) is 0 Å². The predicted octanol–water partition coefficient (Wildman–Crippen LogP) is 12.8. The highest BCUT2D eigenvalue weighted by Gasteiger charge is 2.34. The summed E-state index contributed by atoms with van der Waals surface area (Å²) in [5.74, 6) is 0. The standard InChI is InChI=1S/C49H33N3/c1-49(2)45-5-3-4-37-18-19-40-27-41(29-46(49)48(40)47(37)45)36-15-8-32(9-16-36)6-7-33-10-17-39-28-44(25-20-38(39)26-33)52(42-21-11-34(30-50)12-22-42)43-23-13-35(31-51)14-24-43/h3-29H,1-2H3/b7-6+. The van der Waals surface area contributed by atoms with Crippen molar-refractivity contribution in [1.29, 1.82) is 10.5 Å². The Morgan fingerprint density at radius 2 is 1.02 bits per heavy atom. The number of anilines is 3. The molecule has 8 aromatic carbocycles. The van der Waals surface area contributed by atoms with Gasteiger partial charge in [0.05, 0.1) is 23.3 Å². The summed E-state index contributed by atoms with van der Waals surface area (Å²) in [6.45, 7) is 4.70. The fourth-order valence-corrected chi connectivity index (χ4v) is 7.86. The molecule has 0 N–H and O–H groups in total. The Hall–Kier alpha value is -6.94. The molecule has 0 spiro atoms. The summed E-state index contributed by atoms with van der Waals surface area (Å²) in [6.07, 6.45) is 4.34. The van der Waals surface area contributed by atoms with Crippen molar-refractivity contribution in [2.75, 3.05) is 4.90 Å². The largest absolute Gasteiger partial charge is 0.310 e. The molecule has 244 valence electrons. The van der Waals surface area contributed by atoms with Gasteiger partial charge in [0.2, 0.25) is 0 Å². The first-order valence-electron chi connectivity index (χ1n) is 17.5. The predicted molar refractivity (Wildman–Crippen MR) is 216 cm³/mol. The smallest absolute Gasteiger partial charge is 0.0991 e. The molecule has 0 atom stereocenters. The second-order valence-corrected chi connectivity index (χ2v) is 14.1. The maximum Gasteiger partial charge on any atom is 0.0991 e. The van der Waals surface area contributed by atoms with E-state index < -0.39 is 0 Å². The molecule has 52 heavy (non-hydrogen) atoms. The lowest BCUT2D eigenvalue weighted by molar-refractivity contribution is 0.663. The molecule has 0 unspecified atom stereocenters. The molecule has 0 fully saturated rings. The van der Waals surface area contributed by atoms with Gasteiger partial charge in [-0.05, 0) is 145 Å². The molecule has 0 heterocycles. The molecule has 0 aliphatic heterocycles. The lowest BCUT2D eigenvalue weighted by Gasteiger charge is -2.26. The van der Waals surface area contributed by atoms with Crippen LogP contribution in [0.3, 0.4) is 0 Å². The van der Waals surface area contributed by atoms with Crippen molar-refractivity contribution in [3.05, 3.63) is 185 Å². The van der Waals surface area contributed by atoms with Crippen LogP contribution in [0.5, 0.6) is 0 Å². The molecule has 1 aliphatic carbocycles. The van der Waals surface area contributed by atoms with Crippen molar-refractivity contribution in [3.63, 3.8) is 0 Å². The molecule has 8 aromatic rings. The van der Waals surface area contributed by atoms with E-state index in [0.29, 0.717) is 11.1 Å². The van der Waals surface area contributed by atoms with Crippen molar-refractivity contribution in [2.45, 2.75) is 19.3 Å². The van der Waals surface area contributed by atoms with Gasteiger partial charge < -0.3 is 4.90 Å². The minimum atomic E-state index is -0.0308. The lowest BCUT2D eigenvalue weighted by atomic mass is 9.81. The van der Waals surface area contributed by atoms with Crippen LogP contribution >= 0.6 is 0 Å². The maximum absolute atomic E-state index is 9.34. The summed E-state index contributed by atoms with van der Waals surface area (Å²) in [6, 6.07) is 57.4. The van der Waals surface area contributed by atoms with Gasteiger partial charge in [-0.15, -0.1) is 0 Å². The number of hydrogen-bond donors (Lipinski definition) is 0. The fraction of sp³-hybridized carbons (Fsp3) is 0.0612. The second-order valence-electron chi connectivity index (χ2n) is 14.1. The maximum atomic E-state index is 9.34.